The molecule has 0 saturated heterocycles. The fraction of sp³-hybridized carbons (Fsp3) is 0.333. The molecule has 16 heavy (non-hydrogen) atoms. The quantitative estimate of drug-likeness (QED) is 0.649. The molecule has 3 N–H and O–H groups in total. The molecule has 0 bridgehead atoms. The predicted molar refractivity (Wildman–Crippen MR) is 52.4 cm³/mol. The van der Waals surface area contributed by atoms with Crippen molar-refractivity contribution >= 4 is 11.9 Å². The van der Waals surface area contributed by atoms with Gasteiger partial charge in [-0.15, -0.1) is 6.58 Å². The number of carboxylic acids is 1. The van der Waals surface area contributed by atoms with Crippen molar-refractivity contribution in [3.63, 3.8) is 0 Å². The highest BCUT2D eigenvalue weighted by molar-refractivity contribution is 5.84. The van der Waals surface area contributed by atoms with Gasteiger partial charge in [0.1, 0.15) is 5.92 Å². The minimum atomic E-state index is -1.22. The molecule has 7 heteroatoms. The van der Waals surface area contributed by atoms with Crippen LogP contribution in [0.2, 0.25) is 0 Å². The van der Waals surface area contributed by atoms with Crippen LogP contribution in [0.1, 0.15) is 24.1 Å². The Morgan fingerprint density at radius 3 is 2.81 bits per heavy atom. The topological polar surface area (TPSA) is 119 Å². The van der Waals surface area contributed by atoms with Gasteiger partial charge in [0.15, 0.2) is 5.82 Å². The zero-order valence-corrected chi connectivity index (χ0v) is 8.42. The first kappa shape index (κ1) is 11.9. The van der Waals surface area contributed by atoms with Crippen LogP contribution in [0.3, 0.4) is 0 Å². The van der Waals surface area contributed by atoms with Crippen LogP contribution in [0, 0.1) is 0 Å². The Bertz CT molecular complexity index is 413. The Morgan fingerprint density at radius 2 is 2.31 bits per heavy atom. The summed E-state index contributed by atoms with van der Waals surface area (Å²) in [5.41, 5.74) is 4.93. The molecule has 1 unspecified atom stereocenters. The van der Waals surface area contributed by atoms with E-state index in [0.29, 0.717) is 6.42 Å². The number of amides is 1. The number of hydrogen-bond acceptors (Lipinski definition) is 5. The van der Waals surface area contributed by atoms with E-state index in [4.69, 9.17) is 15.4 Å². The van der Waals surface area contributed by atoms with Gasteiger partial charge in [0.25, 0.3) is 0 Å². The van der Waals surface area contributed by atoms with E-state index in [-0.39, 0.29) is 18.1 Å². The van der Waals surface area contributed by atoms with Gasteiger partial charge in [0, 0.05) is 12.8 Å². The smallest absolute Gasteiger partial charge is 0.314 e. The van der Waals surface area contributed by atoms with E-state index in [1.165, 1.54) is 0 Å². The molecule has 1 heterocycles. The summed E-state index contributed by atoms with van der Waals surface area (Å²) in [6.07, 6.45) is 1.53. The zero-order valence-electron chi connectivity index (χ0n) is 8.42. The molecule has 0 aromatic carbocycles. The fourth-order valence-electron chi connectivity index (χ4n) is 1.11. The zero-order chi connectivity index (χ0) is 12.1. The number of aliphatic carboxylic acids is 1. The van der Waals surface area contributed by atoms with Crippen LogP contribution in [0.15, 0.2) is 17.2 Å². The molecule has 0 fully saturated rings. The van der Waals surface area contributed by atoms with Crippen molar-refractivity contribution < 1.29 is 19.2 Å². The van der Waals surface area contributed by atoms with Crippen molar-refractivity contribution in [1.29, 1.82) is 0 Å². The number of hydrogen-bond donors (Lipinski definition) is 2. The van der Waals surface area contributed by atoms with Crippen LogP contribution in [-0.2, 0) is 16.0 Å². The van der Waals surface area contributed by atoms with E-state index < -0.39 is 17.8 Å². The molecule has 0 radical (unpaired) electrons. The minimum absolute atomic E-state index is 0.0526. The van der Waals surface area contributed by atoms with E-state index >= 15 is 0 Å². The van der Waals surface area contributed by atoms with Crippen molar-refractivity contribution in [2.75, 3.05) is 0 Å². The molecule has 0 aliphatic carbocycles. The van der Waals surface area contributed by atoms with Gasteiger partial charge in [-0.3, -0.25) is 9.59 Å². The van der Waals surface area contributed by atoms with Crippen molar-refractivity contribution in [3.05, 3.63) is 24.4 Å². The van der Waals surface area contributed by atoms with Gasteiger partial charge in [-0.05, 0) is 0 Å². The van der Waals surface area contributed by atoms with Crippen molar-refractivity contribution in [1.82, 2.24) is 10.1 Å². The minimum Gasteiger partial charge on any atom is -0.481 e. The molecular formula is C9H11N3O4. The molecule has 86 valence electrons. The molecule has 0 saturated carbocycles. The number of primary amides is 1. The van der Waals surface area contributed by atoms with E-state index in [9.17, 15) is 9.59 Å². The van der Waals surface area contributed by atoms with Gasteiger partial charge in [-0.25, -0.2) is 0 Å². The second kappa shape index (κ2) is 5.06. The summed E-state index contributed by atoms with van der Waals surface area (Å²) in [6.45, 7) is 3.48. The maximum atomic E-state index is 10.9. The Balaban J connectivity index is 2.87. The van der Waals surface area contributed by atoms with Gasteiger partial charge < -0.3 is 15.4 Å². The van der Waals surface area contributed by atoms with E-state index in [1.807, 2.05) is 0 Å². The van der Waals surface area contributed by atoms with Crippen LogP contribution in [0.25, 0.3) is 0 Å². The van der Waals surface area contributed by atoms with Crippen molar-refractivity contribution in [2.45, 2.75) is 18.8 Å². The van der Waals surface area contributed by atoms with Gasteiger partial charge >= 0.3 is 5.97 Å². The maximum Gasteiger partial charge on any atom is 0.314 e. The maximum absolute atomic E-state index is 10.9. The highest BCUT2D eigenvalue weighted by Crippen LogP contribution is 2.16. The molecule has 0 spiro atoms. The van der Waals surface area contributed by atoms with E-state index in [0.717, 1.165) is 0 Å². The summed E-state index contributed by atoms with van der Waals surface area (Å²) in [5, 5.41) is 12.4. The summed E-state index contributed by atoms with van der Waals surface area (Å²) in [6, 6.07) is 0. The average Bonchev–Trinajstić information content (AvgIpc) is 2.62. The first-order chi connectivity index (χ1) is 7.54. The van der Waals surface area contributed by atoms with E-state index in [1.54, 1.807) is 6.08 Å². The average molecular weight is 225 g/mol. The van der Waals surface area contributed by atoms with E-state index in [2.05, 4.69) is 16.7 Å². The Hall–Kier alpha value is -2.18. The van der Waals surface area contributed by atoms with Crippen LogP contribution < -0.4 is 5.73 Å². The molecule has 1 aromatic heterocycles. The molecule has 1 atom stereocenters. The lowest BCUT2D eigenvalue weighted by atomic mass is 10.1. The second-order valence-electron chi connectivity index (χ2n) is 3.10. The van der Waals surface area contributed by atoms with Crippen molar-refractivity contribution in [2.24, 2.45) is 5.73 Å². The molecule has 0 aliphatic heterocycles. The third-order valence-corrected chi connectivity index (χ3v) is 1.82. The summed E-state index contributed by atoms with van der Waals surface area (Å²) in [7, 11) is 0. The number of allylic oxidation sites excluding steroid dienone is 1. The highest BCUT2D eigenvalue weighted by Gasteiger charge is 2.27. The number of rotatable bonds is 6. The summed E-state index contributed by atoms with van der Waals surface area (Å²) < 4.78 is 4.77. The lowest BCUT2D eigenvalue weighted by Crippen LogP contribution is -2.21. The van der Waals surface area contributed by atoms with Crippen molar-refractivity contribution in [3.8, 4) is 0 Å². The number of carbonyl (C=O) groups excluding carboxylic acids is 1. The number of aromatic nitrogens is 2. The number of carbonyl (C=O) groups is 2. The number of nitrogens with zero attached hydrogens (tertiary/aromatic N) is 2. The normalized spacial score (nSPS) is 12.0. The summed E-state index contributed by atoms with van der Waals surface area (Å²) in [5.74, 6) is -2.92. The highest BCUT2D eigenvalue weighted by atomic mass is 16.5. The lowest BCUT2D eigenvalue weighted by Gasteiger charge is -2.03. The third-order valence-electron chi connectivity index (χ3n) is 1.82. The third kappa shape index (κ3) is 2.91. The Kier molecular flexibility index (Phi) is 3.76. The fourth-order valence-corrected chi connectivity index (χ4v) is 1.11. The van der Waals surface area contributed by atoms with Crippen LogP contribution in [0.4, 0.5) is 0 Å². The SMILES string of the molecule is C=CCc1nc(C(CC(N)=O)C(=O)O)no1. The monoisotopic (exact) mass is 225 g/mol. The molecule has 1 amide bonds. The van der Waals surface area contributed by atoms with Crippen LogP contribution in [-0.4, -0.2) is 27.1 Å². The molecular weight excluding hydrogens is 214 g/mol. The van der Waals surface area contributed by atoms with Gasteiger partial charge in [0.05, 0.1) is 0 Å². The lowest BCUT2D eigenvalue weighted by molar-refractivity contribution is -0.140. The molecule has 1 aromatic rings. The number of carboxylic acid groups (broad SMARTS) is 1. The van der Waals surface area contributed by atoms with Crippen LogP contribution in [0.5, 0.6) is 0 Å². The second-order valence-corrected chi connectivity index (χ2v) is 3.10. The molecule has 0 aliphatic rings. The Morgan fingerprint density at radius 1 is 1.62 bits per heavy atom. The Labute approximate surface area is 90.9 Å². The number of nitrogens with two attached hydrogens (primary N) is 1. The predicted octanol–water partition coefficient (Wildman–Crippen LogP) is -0.158. The summed E-state index contributed by atoms with van der Waals surface area (Å²) in [4.78, 5) is 25.4. The first-order valence-corrected chi connectivity index (χ1v) is 4.49. The first-order valence-electron chi connectivity index (χ1n) is 4.49. The van der Waals surface area contributed by atoms with Gasteiger partial charge in [0.2, 0.25) is 11.8 Å². The van der Waals surface area contributed by atoms with Gasteiger partial charge in [-0.2, -0.15) is 4.98 Å². The molecule has 1 rings (SSSR count). The molecule has 7 nitrogen and oxygen atoms in total. The standard InChI is InChI=1S/C9H11N3O4/c1-2-3-7-11-8(12-16-7)5(9(14)15)4-6(10)13/h2,5H,1,3-4H2,(H2,10,13)(H,14,15). The van der Waals surface area contributed by atoms with Crippen LogP contribution >= 0.6 is 0 Å². The summed E-state index contributed by atoms with van der Waals surface area (Å²) >= 11 is 0. The van der Waals surface area contributed by atoms with Gasteiger partial charge in [-0.1, -0.05) is 11.2 Å². The largest absolute Gasteiger partial charge is 0.481 e.